The van der Waals surface area contributed by atoms with Crippen LogP contribution >= 0.6 is 0 Å². The zero-order chi connectivity index (χ0) is 15.9. The summed E-state index contributed by atoms with van der Waals surface area (Å²) in [6.45, 7) is 3.96. The van der Waals surface area contributed by atoms with Gasteiger partial charge in [0.05, 0.1) is 5.69 Å². The molecule has 3 aromatic rings. The molecule has 2 N–H and O–H groups in total. The second kappa shape index (κ2) is 5.33. The first kappa shape index (κ1) is 14.4. The predicted molar refractivity (Wildman–Crippen MR) is 83.4 cm³/mol. The van der Waals surface area contributed by atoms with E-state index in [1.165, 1.54) is 24.3 Å². The van der Waals surface area contributed by atoms with Crippen LogP contribution in [0.25, 0.3) is 22.0 Å². The molecule has 1 aromatic heterocycles. The first-order valence-corrected chi connectivity index (χ1v) is 6.99. The van der Waals surface area contributed by atoms with Gasteiger partial charge in [-0.25, -0.2) is 18.7 Å². The molecule has 2 aromatic carbocycles. The molecule has 0 aliphatic rings. The molecule has 0 fully saturated rings. The maximum Gasteiger partial charge on any atom is 0.220 e. The van der Waals surface area contributed by atoms with Crippen LogP contribution < -0.4 is 5.73 Å². The molecule has 0 bridgehead atoms. The van der Waals surface area contributed by atoms with Crippen molar-refractivity contribution in [3.8, 4) is 11.3 Å². The van der Waals surface area contributed by atoms with Gasteiger partial charge in [0.15, 0.2) is 0 Å². The molecule has 0 radical (unpaired) electrons. The van der Waals surface area contributed by atoms with Crippen LogP contribution in [-0.4, -0.2) is 9.97 Å². The van der Waals surface area contributed by atoms with Crippen molar-refractivity contribution in [2.24, 2.45) is 0 Å². The Hall–Kier alpha value is -2.56. The Bertz CT molecular complexity index is 860. The van der Waals surface area contributed by atoms with Crippen LogP contribution in [0.1, 0.15) is 25.5 Å². The topological polar surface area (TPSA) is 51.8 Å². The van der Waals surface area contributed by atoms with Gasteiger partial charge in [-0.3, -0.25) is 0 Å². The van der Waals surface area contributed by atoms with Crippen molar-refractivity contribution < 1.29 is 8.78 Å². The summed E-state index contributed by atoms with van der Waals surface area (Å²) in [6.07, 6.45) is 0. The molecular formula is C17H15F2N3. The average Bonchev–Trinajstić information content (AvgIpc) is 2.48. The molecule has 0 spiro atoms. The van der Waals surface area contributed by atoms with Crippen molar-refractivity contribution in [1.29, 1.82) is 0 Å². The van der Waals surface area contributed by atoms with Crippen molar-refractivity contribution in [3.63, 3.8) is 0 Å². The average molecular weight is 299 g/mol. The highest BCUT2D eigenvalue weighted by Gasteiger charge is 2.15. The molecule has 112 valence electrons. The zero-order valence-electron chi connectivity index (χ0n) is 12.3. The molecule has 22 heavy (non-hydrogen) atoms. The molecule has 0 aliphatic heterocycles. The summed E-state index contributed by atoms with van der Waals surface area (Å²) in [5, 5.41) is 0.427. The third-order valence-electron chi connectivity index (χ3n) is 3.57. The Labute approximate surface area is 126 Å². The summed E-state index contributed by atoms with van der Waals surface area (Å²) in [5.74, 6) is -0.685. The number of nitrogens with zero attached hydrogens (tertiary/aromatic N) is 2. The highest BCUT2D eigenvalue weighted by molar-refractivity contribution is 5.96. The van der Waals surface area contributed by atoms with Crippen molar-refractivity contribution in [3.05, 3.63) is 53.7 Å². The number of aromatic nitrogens is 2. The van der Waals surface area contributed by atoms with Crippen LogP contribution in [0.3, 0.4) is 0 Å². The van der Waals surface area contributed by atoms with E-state index in [0.717, 1.165) is 5.69 Å². The van der Waals surface area contributed by atoms with Gasteiger partial charge in [-0.15, -0.1) is 0 Å². The Morgan fingerprint density at radius 2 is 1.77 bits per heavy atom. The van der Waals surface area contributed by atoms with E-state index in [-0.39, 0.29) is 22.6 Å². The number of halogens is 2. The quantitative estimate of drug-likeness (QED) is 0.768. The highest BCUT2D eigenvalue weighted by atomic mass is 19.1. The first-order chi connectivity index (χ1) is 10.5. The smallest absolute Gasteiger partial charge is 0.220 e. The van der Waals surface area contributed by atoms with Gasteiger partial charge in [-0.1, -0.05) is 26.0 Å². The Kier molecular flexibility index (Phi) is 3.48. The Balaban J connectivity index is 2.34. The summed E-state index contributed by atoms with van der Waals surface area (Å²) in [5.41, 5.74) is 7.51. The van der Waals surface area contributed by atoms with Crippen LogP contribution in [0.5, 0.6) is 0 Å². The van der Waals surface area contributed by atoms with Gasteiger partial charge >= 0.3 is 0 Å². The normalized spacial score (nSPS) is 11.3. The number of hydrogen-bond donors (Lipinski definition) is 1. The standard InChI is InChI=1S/C17H15F2N3/c1-9(2)14-8-15(22-17(20)21-14)11-6-7-12(18)10-4-3-5-13(19)16(10)11/h3-9H,1-2H3,(H2,20,21,22). The third kappa shape index (κ3) is 2.39. The van der Waals surface area contributed by atoms with Crippen molar-refractivity contribution in [2.45, 2.75) is 19.8 Å². The molecule has 0 unspecified atom stereocenters. The largest absolute Gasteiger partial charge is 0.368 e. The number of rotatable bonds is 2. The molecule has 3 nitrogen and oxygen atoms in total. The molecule has 0 aliphatic carbocycles. The maximum atomic E-state index is 14.2. The summed E-state index contributed by atoms with van der Waals surface area (Å²) < 4.78 is 28.2. The maximum absolute atomic E-state index is 14.2. The molecule has 0 atom stereocenters. The number of anilines is 1. The van der Waals surface area contributed by atoms with Gasteiger partial charge in [-0.2, -0.15) is 0 Å². The van der Waals surface area contributed by atoms with E-state index in [9.17, 15) is 8.78 Å². The van der Waals surface area contributed by atoms with E-state index in [1.54, 1.807) is 12.1 Å². The van der Waals surface area contributed by atoms with Crippen LogP contribution in [0, 0.1) is 11.6 Å². The van der Waals surface area contributed by atoms with Gasteiger partial charge in [0.25, 0.3) is 0 Å². The molecular weight excluding hydrogens is 284 g/mol. The minimum absolute atomic E-state index is 0.120. The van der Waals surface area contributed by atoms with E-state index in [2.05, 4.69) is 9.97 Å². The number of nitrogens with two attached hydrogens (primary N) is 1. The fourth-order valence-electron chi connectivity index (χ4n) is 2.46. The zero-order valence-corrected chi connectivity index (χ0v) is 12.3. The number of fused-ring (bicyclic) bond motifs is 1. The molecule has 0 saturated carbocycles. The van der Waals surface area contributed by atoms with Crippen LogP contribution in [-0.2, 0) is 0 Å². The lowest BCUT2D eigenvalue weighted by atomic mass is 9.99. The van der Waals surface area contributed by atoms with E-state index >= 15 is 0 Å². The molecule has 1 heterocycles. The summed E-state index contributed by atoms with van der Waals surface area (Å²) in [4.78, 5) is 8.36. The third-order valence-corrected chi connectivity index (χ3v) is 3.57. The van der Waals surface area contributed by atoms with Gasteiger partial charge in [0.2, 0.25) is 5.95 Å². The lowest BCUT2D eigenvalue weighted by Gasteiger charge is -2.11. The highest BCUT2D eigenvalue weighted by Crippen LogP contribution is 2.32. The van der Waals surface area contributed by atoms with Gasteiger partial charge in [0.1, 0.15) is 11.6 Å². The summed E-state index contributed by atoms with van der Waals surface area (Å²) in [7, 11) is 0. The molecule has 3 rings (SSSR count). The van der Waals surface area contributed by atoms with Crippen molar-refractivity contribution in [2.75, 3.05) is 5.73 Å². The molecule has 0 saturated heterocycles. The fraction of sp³-hybridized carbons (Fsp3) is 0.176. The second-order valence-electron chi connectivity index (χ2n) is 5.45. The minimum atomic E-state index is -0.490. The lowest BCUT2D eigenvalue weighted by Crippen LogP contribution is -2.03. The van der Waals surface area contributed by atoms with Gasteiger partial charge in [-0.05, 0) is 30.2 Å². The first-order valence-electron chi connectivity index (χ1n) is 6.99. The predicted octanol–water partition coefficient (Wildman–Crippen LogP) is 4.28. The SMILES string of the molecule is CC(C)c1cc(-c2ccc(F)c3cccc(F)c23)nc(N)n1. The van der Waals surface area contributed by atoms with E-state index in [1.807, 2.05) is 13.8 Å². The molecule has 0 amide bonds. The minimum Gasteiger partial charge on any atom is -0.368 e. The Morgan fingerprint density at radius 3 is 2.50 bits per heavy atom. The van der Waals surface area contributed by atoms with Crippen LogP contribution in [0.2, 0.25) is 0 Å². The van der Waals surface area contributed by atoms with Crippen LogP contribution in [0.15, 0.2) is 36.4 Å². The van der Waals surface area contributed by atoms with Crippen LogP contribution in [0.4, 0.5) is 14.7 Å². The lowest BCUT2D eigenvalue weighted by molar-refractivity contribution is 0.629. The fourth-order valence-corrected chi connectivity index (χ4v) is 2.46. The van der Waals surface area contributed by atoms with Gasteiger partial charge in [0, 0.05) is 22.0 Å². The van der Waals surface area contributed by atoms with Crippen molar-refractivity contribution in [1.82, 2.24) is 9.97 Å². The van der Waals surface area contributed by atoms with Crippen molar-refractivity contribution >= 4 is 16.7 Å². The second-order valence-corrected chi connectivity index (χ2v) is 5.45. The van der Waals surface area contributed by atoms with Gasteiger partial charge < -0.3 is 5.73 Å². The number of benzene rings is 2. The van der Waals surface area contributed by atoms with E-state index < -0.39 is 11.6 Å². The Morgan fingerprint density at radius 1 is 1.00 bits per heavy atom. The number of nitrogen functional groups attached to an aromatic ring is 1. The van der Waals surface area contributed by atoms with E-state index in [0.29, 0.717) is 11.3 Å². The molecule has 5 heteroatoms. The number of hydrogen-bond acceptors (Lipinski definition) is 3. The monoisotopic (exact) mass is 299 g/mol. The van der Waals surface area contributed by atoms with E-state index in [4.69, 9.17) is 5.73 Å². The summed E-state index contributed by atoms with van der Waals surface area (Å²) >= 11 is 0. The summed E-state index contributed by atoms with van der Waals surface area (Å²) in [6, 6.07) is 8.93.